The van der Waals surface area contributed by atoms with Crippen molar-refractivity contribution in [3.05, 3.63) is 168 Å². The van der Waals surface area contributed by atoms with Crippen LogP contribution in [0.5, 0.6) is 0 Å². The highest BCUT2D eigenvalue weighted by Crippen LogP contribution is 2.45. The maximum Gasteiger partial charge on any atom is 0.238 e. The molecule has 0 saturated carbocycles. The standard InChI is InChI=1S/C56H34N4O2S/c1-31-20-23-37-39-25-22-35(30-49(39)62-47(37)26-31)55-57-54(34-21-24-38-36-12-4-6-17-46(36)61-48(38)29-34)58-56(59-55)60-45-28-33-11-3-2-10-32(33)27-44(45)42-16-8-15-41(53(42)60)40-14-9-19-51-52(40)43-13-5-7-18-50(43)63-51/h2-19,21-31H,20H2,1H3. The van der Waals surface area contributed by atoms with E-state index in [0.29, 0.717) is 23.5 Å². The molecule has 0 aliphatic heterocycles. The molecule has 0 N–H and O–H groups in total. The largest absolute Gasteiger partial charge is 0.456 e. The SMILES string of the molecule is CC1C=c2oc3cc(-c4nc(-c5ccc6c(c5)oc5ccccc56)nc(-n5c6cc7ccccc7cc6c6cccc(-c7cccc8sc9ccccc9c78)c65)n4)ccc3c2=CC1. The summed E-state index contributed by atoms with van der Waals surface area (Å²) in [5.41, 5.74) is 9.38. The van der Waals surface area contributed by atoms with Crippen LogP contribution in [-0.4, -0.2) is 19.5 Å². The lowest BCUT2D eigenvalue weighted by Gasteiger charge is -2.14. The van der Waals surface area contributed by atoms with Gasteiger partial charge in [-0.05, 0) is 89.3 Å². The first-order chi connectivity index (χ1) is 31.1. The van der Waals surface area contributed by atoms with Gasteiger partial charge in [0.05, 0.1) is 11.0 Å². The zero-order valence-electron chi connectivity index (χ0n) is 34.0. The molecule has 0 fully saturated rings. The highest BCUT2D eigenvalue weighted by Gasteiger charge is 2.23. The summed E-state index contributed by atoms with van der Waals surface area (Å²) in [6.45, 7) is 2.22. The summed E-state index contributed by atoms with van der Waals surface area (Å²) >= 11 is 1.83. The van der Waals surface area contributed by atoms with Crippen LogP contribution in [0, 0.1) is 5.92 Å². The molecule has 1 aliphatic rings. The van der Waals surface area contributed by atoms with E-state index in [9.17, 15) is 0 Å². The minimum atomic E-state index is 0.425. The van der Waals surface area contributed by atoms with E-state index in [0.717, 1.165) is 93.8 Å². The van der Waals surface area contributed by atoms with Gasteiger partial charge in [-0.2, -0.15) is 9.97 Å². The minimum absolute atomic E-state index is 0.425. The summed E-state index contributed by atoms with van der Waals surface area (Å²) in [6.07, 6.45) is 5.51. The molecule has 14 rings (SSSR count). The maximum atomic E-state index is 6.52. The first-order valence-corrected chi connectivity index (χ1v) is 22.2. The van der Waals surface area contributed by atoms with E-state index in [2.05, 4.69) is 163 Å². The normalized spacial score (nSPS) is 14.1. The number of para-hydroxylation sites is 2. The van der Waals surface area contributed by atoms with Gasteiger partial charge in [-0.15, -0.1) is 11.3 Å². The minimum Gasteiger partial charge on any atom is -0.456 e. The Morgan fingerprint density at radius 3 is 2.06 bits per heavy atom. The van der Waals surface area contributed by atoms with Gasteiger partial charge in [-0.3, -0.25) is 4.57 Å². The molecule has 7 heteroatoms. The Hall–Kier alpha value is -7.87. The smallest absolute Gasteiger partial charge is 0.238 e. The van der Waals surface area contributed by atoms with E-state index < -0.39 is 0 Å². The van der Waals surface area contributed by atoms with Crippen LogP contribution in [-0.2, 0) is 0 Å². The molecule has 8 aromatic carbocycles. The molecule has 6 nitrogen and oxygen atoms in total. The molecule has 0 radical (unpaired) electrons. The second-order valence-corrected chi connectivity index (χ2v) is 17.9. The van der Waals surface area contributed by atoms with Crippen LogP contribution in [0.2, 0.25) is 0 Å². The quantitative estimate of drug-likeness (QED) is 0.177. The van der Waals surface area contributed by atoms with Crippen LogP contribution in [0.15, 0.2) is 167 Å². The molecule has 1 aliphatic carbocycles. The molecule has 296 valence electrons. The lowest BCUT2D eigenvalue weighted by molar-refractivity contribution is 0.565. The molecule has 0 spiro atoms. The summed E-state index contributed by atoms with van der Waals surface area (Å²) in [4.78, 5) is 16.2. The topological polar surface area (TPSA) is 69.9 Å². The number of thiophene rings is 1. The van der Waals surface area contributed by atoms with Crippen LogP contribution in [0.1, 0.15) is 13.3 Å². The summed E-state index contributed by atoms with van der Waals surface area (Å²) in [5, 5.41) is 11.5. The average molecular weight is 827 g/mol. The maximum absolute atomic E-state index is 6.52. The fourth-order valence-corrected chi connectivity index (χ4v) is 11.1. The van der Waals surface area contributed by atoms with Crippen molar-refractivity contribution < 1.29 is 8.83 Å². The predicted molar refractivity (Wildman–Crippen MR) is 260 cm³/mol. The molecule has 5 heterocycles. The second kappa shape index (κ2) is 13.1. The predicted octanol–water partition coefficient (Wildman–Crippen LogP) is 13.7. The molecule has 13 aromatic rings. The van der Waals surface area contributed by atoms with E-state index in [1.165, 1.54) is 31.1 Å². The van der Waals surface area contributed by atoms with Crippen molar-refractivity contribution in [2.45, 2.75) is 13.3 Å². The van der Waals surface area contributed by atoms with E-state index in [1.807, 2.05) is 29.5 Å². The number of hydrogen-bond acceptors (Lipinski definition) is 6. The molecular formula is C56H34N4O2S. The van der Waals surface area contributed by atoms with Gasteiger partial charge >= 0.3 is 0 Å². The third-order valence-corrected chi connectivity index (χ3v) is 14.1. The van der Waals surface area contributed by atoms with Gasteiger partial charge in [0, 0.05) is 69.0 Å². The molecule has 0 saturated heterocycles. The van der Waals surface area contributed by atoms with Crippen LogP contribution < -0.4 is 10.6 Å². The molecular weight excluding hydrogens is 793 g/mol. The lowest BCUT2D eigenvalue weighted by Crippen LogP contribution is -2.24. The van der Waals surface area contributed by atoms with Gasteiger partial charge in [0.1, 0.15) is 22.2 Å². The van der Waals surface area contributed by atoms with Crippen LogP contribution in [0.4, 0.5) is 0 Å². The van der Waals surface area contributed by atoms with Crippen molar-refractivity contribution in [3.63, 3.8) is 0 Å². The van der Waals surface area contributed by atoms with Crippen LogP contribution >= 0.6 is 11.3 Å². The van der Waals surface area contributed by atoms with E-state index in [4.69, 9.17) is 23.8 Å². The molecule has 1 atom stereocenters. The highest BCUT2D eigenvalue weighted by atomic mass is 32.1. The van der Waals surface area contributed by atoms with E-state index in [1.54, 1.807) is 0 Å². The van der Waals surface area contributed by atoms with Crippen molar-refractivity contribution in [2.24, 2.45) is 5.92 Å². The summed E-state index contributed by atoms with van der Waals surface area (Å²) in [5.74, 6) is 2.05. The Balaban J connectivity index is 1.09. The summed E-state index contributed by atoms with van der Waals surface area (Å²) in [7, 11) is 0. The van der Waals surface area contributed by atoms with Crippen LogP contribution in [0.3, 0.4) is 0 Å². The van der Waals surface area contributed by atoms with Gasteiger partial charge in [0.25, 0.3) is 0 Å². The Labute approximate surface area is 363 Å². The Morgan fingerprint density at radius 1 is 0.540 bits per heavy atom. The van der Waals surface area contributed by atoms with E-state index >= 15 is 0 Å². The number of nitrogens with zero attached hydrogens (tertiary/aromatic N) is 4. The third-order valence-electron chi connectivity index (χ3n) is 13.0. The molecule has 1 unspecified atom stereocenters. The lowest BCUT2D eigenvalue weighted by atomic mass is 9.97. The van der Waals surface area contributed by atoms with Gasteiger partial charge in [-0.25, -0.2) is 4.98 Å². The fraction of sp³-hybridized carbons (Fsp3) is 0.0536. The molecule has 0 bridgehead atoms. The molecule has 63 heavy (non-hydrogen) atoms. The van der Waals surface area contributed by atoms with Crippen molar-refractivity contribution in [1.29, 1.82) is 0 Å². The van der Waals surface area contributed by atoms with Crippen molar-refractivity contribution in [2.75, 3.05) is 0 Å². The molecule has 0 amide bonds. The zero-order chi connectivity index (χ0) is 41.3. The van der Waals surface area contributed by atoms with Gasteiger partial charge in [0.15, 0.2) is 11.6 Å². The average Bonchev–Trinajstić information content (AvgIpc) is 4.08. The fourth-order valence-electron chi connectivity index (χ4n) is 10.0. The van der Waals surface area contributed by atoms with E-state index in [-0.39, 0.29) is 0 Å². The number of benzene rings is 8. The number of furan rings is 2. The Kier molecular flexibility index (Phi) is 7.22. The van der Waals surface area contributed by atoms with Crippen molar-refractivity contribution >= 4 is 109 Å². The second-order valence-electron chi connectivity index (χ2n) is 16.8. The van der Waals surface area contributed by atoms with Gasteiger partial charge < -0.3 is 8.83 Å². The number of fused-ring (bicyclic) bond motifs is 13. The highest BCUT2D eigenvalue weighted by molar-refractivity contribution is 7.25. The third kappa shape index (κ3) is 5.20. The molecule has 5 aromatic heterocycles. The Morgan fingerprint density at radius 2 is 1.21 bits per heavy atom. The van der Waals surface area contributed by atoms with Crippen molar-refractivity contribution in [3.8, 4) is 39.9 Å². The first kappa shape index (κ1) is 34.8. The number of hydrogen-bond donors (Lipinski definition) is 0. The monoisotopic (exact) mass is 826 g/mol. The summed E-state index contributed by atoms with van der Waals surface area (Å²) in [6, 6.07) is 56.0. The zero-order valence-corrected chi connectivity index (χ0v) is 34.8. The van der Waals surface area contributed by atoms with Gasteiger partial charge in [-0.1, -0.05) is 116 Å². The van der Waals surface area contributed by atoms with Gasteiger partial charge in [0.2, 0.25) is 5.95 Å². The summed E-state index contributed by atoms with van der Waals surface area (Å²) < 4.78 is 17.7. The number of aromatic nitrogens is 4. The van der Waals surface area contributed by atoms with Crippen LogP contribution in [0.25, 0.3) is 138 Å². The Bertz CT molecular complexity index is 4230. The number of rotatable bonds is 4. The first-order valence-electron chi connectivity index (χ1n) is 21.4. The van der Waals surface area contributed by atoms with Crippen molar-refractivity contribution in [1.82, 2.24) is 19.5 Å².